The fourth-order valence-corrected chi connectivity index (χ4v) is 3.36. The van der Waals surface area contributed by atoms with E-state index in [0.29, 0.717) is 5.82 Å². The highest BCUT2D eigenvalue weighted by molar-refractivity contribution is 5.42. The number of hydrogen-bond donors (Lipinski definition) is 1. The highest BCUT2D eigenvalue weighted by Gasteiger charge is 2.40. The van der Waals surface area contributed by atoms with Crippen LogP contribution in [0.25, 0.3) is 0 Å². The maximum Gasteiger partial charge on any atom is 0.433 e. The molecule has 2 saturated heterocycles. The zero-order valence-electron chi connectivity index (χ0n) is 12.0. The van der Waals surface area contributed by atoms with Gasteiger partial charge in [0.2, 0.25) is 0 Å². The third-order valence-corrected chi connectivity index (χ3v) is 4.54. The van der Waals surface area contributed by atoms with Gasteiger partial charge in [-0.05, 0) is 44.7 Å². The minimum Gasteiger partial charge on any atom is -0.356 e. The summed E-state index contributed by atoms with van der Waals surface area (Å²) in [4.78, 5) is 9.70. The van der Waals surface area contributed by atoms with Crippen molar-refractivity contribution >= 4 is 5.82 Å². The molecule has 1 aromatic heterocycles. The predicted octanol–water partition coefficient (Wildman–Crippen LogP) is 2.38. The molecule has 7 heteroatoms. The van der Waals surface area contributed by atoms with Crippen LogP contribution in [-0.2, 0) is 6.18 Å². The second-order valence-electron chi connectivity index (χ2n) is 6.08. The van der Waals surface area contributed by atoms with Crippen molar-refractivity contribution in [3.8, 4) is 0 Å². The summed E-state index contributed by atoms with van der Waals surface area (Å²) in [6, 6.07) is 1.08. The van der Waals surface area contributed by atoms with Crippen molar-refractivity contribution in [1.29, 1.82) is 0 Å². The first-order valence-corrected chi connectivity index (χ1v) is 7.27. The van der Waals surface area contributed by atoms with Crippen LogP contribution in [-0.4, -0.2) is 36.1 Å². The summed E-state index contributed by atoms with van der Waals surface area (Å²) in [7, 11) is 0. The quantitative estimate of drug-likeness (QED) is 0.864. The first-order chi connectivity index (χ1) is 9.88. The van der Waals surface area contributed by atoms with E-state index < -0.39 is 11.9 Å². The molecule has 1 aromatic rings. The molecule has 0 bridgehead atoms. The molecular formula is C14H19F3N4. The summed E-state index contributed by atoms with van der Waals surface area (Å²) in [5.41, 5.74) is -0.612. The van der Waals surface area contributed by atoms with Gasteiger partial charge in [0.15, 0.2) is 0 Å². The summed E-state index contributed by atoms with van der Waals surface area (Å²) in [6.07, 6.45) is -1.23. The Hall–Kier alpha value is -1.37. The Bertz CT molecular complexity index is 523. The van der Waals surface area contributed by atoms with Gasteiger partial charge < -0.3 is 10.2 Å². The molecular weight excluding hydrogens is 281 g/mol. The number of rotatable bonds is 1. The van der Waals surface area contributed by atoms with E-state index in [1.54, 1.807) is 0 Å². The molecule has 0 aromatic carbocycles. The Labute approximate surface area is 121 Å². The lowest BCUT2D eigenvalue weighted by atomic mass is 9.78. The van der Waals surface area contributed by atoms with Crippen molar-refractivity contribution in [2.45, 2.75) is 32.4 Å². The number of aromatic nitrogens is 2. The molecule has 0 amide bonds. The first-order valence-electron chi connectivity index (χ1n) is 7.27. The standard InChI is InChI=1S/C14H19F3N4/c1-10-19-11(14(15,16)17)8-12(20-10)21-7-4-13(9-21)2-5-18-6-3-13/h8,18H,2-7,9H2,1H3. The lowest BCUT2D eigenvalue weighted by molar-refractivity contribution is -0.141. The van der Waals surface area contributed by atoms with Crippen LogP contribution in [0.3, 0.4) is 0 Å². The van der Waals surface area contributed by atoms with Gasteiger partial charge in [-0.2, -0.15) is 13.2 Å². The molecule has 1 N–H and O–H groups in total. The van der Waals surface area contributed by atoms with E-state index in [2.05, 4.69) is 15.3 Å². The molecule has 2 fully saturated rings. The van der Waals surface area contributed by atoms with Crippen LogP contribution in [0.5, 0.6) is 0 Å². The number of nitrogens with zero attached hydrogens (tertiary/aromatic N) is 3. The number of aryl methyl sites for hydroxylation is 1. The molecule has 2 aliphatic heterocycles. The number of halogens is 3. The van der Waals surface area contributed by atoms with E-state index >= 15 is 0 Å². The predicted molar refractivity (Wildman–Crippen MR) is 73.1 cm³/mol. The summed E-state index contributed by atoms with van der Waals surface area (Å²) >= 11 is 0. The van der Waals surface area contributed by atoms with Crippen molar-refractivity contribution in [3.05, 3.63) is 17.6 Å². The molecule has 116 valence electrons. The third kappa shape index (κ3) is 2.97. The van der Waals surface area contributed by atoms with Gasteiger partial charge in [-0.3, -0.25) is 0 Å². The Morgan fingerprint density at radius 2 is 1.90 bits per heavy atom. The third-order valence-electron chi connectivity index (χ3n) is 4.54. The number of alkyl halides is 3. The highest BCUT2D eigenvalue weighted by Crippen LogP contribution is 2.40. The van der Waals surface area contributed by atoms with Gasteiger partial charge in [0.25, 0.3) is 0 Å². The lowest BCUT2D eigenvalue weighted by Crippen LogP contribution is -2.38. The van der Waals surface area contributed by atoms with Gasteiger partial charge in [0.1, 0.15) is 17.3 Å². The normalized spacial score (nSPS) is 22.0. The van der Waals surface area contributed by atoms with Crippen molar-refractivity contribution in [2.24, 2.45) is 5.41 Å². The first kappa shape index (κ1) is 14.6. The average molecular weight is 300 g/mol. The molecule has 2 aliphatic rings. The van der Waals surface area contributed by atoms with Crippen LogP contribution < -0.4 is 10.2 Å². The smallest absolute Gasteiger partial charge is 0.356 e. The van der Waals surface area contributed by atoms with Crippen LogP contribution >= 0.6 is 0 Å². The van der Waals surface area contributed by atoms with Gasteiger partial charge in [-0.25, -0.2) is 9.97 Å². The molecule has 3 rings (SSSR count). The molecule has 1 spiro atoms. The summed E-state index contributed by atoms with van der Waals surface area (Å²) in [5.74, 6) is 0.580. The zero-order chi connectivity index (χ0) is 15.1. The molecule has 4 nitrogen and oxygen atoms in total. The summed E-state index contributed by atoms with van der Waals surface area (Å²) < 4.78 is 38.6. The van der Waals surface area contributed by atoms with Crippen molar-refractivity contribution in [3.63, 3.8) is 0 Å². The van der Waals surface area contributed by atoms with Gasteiger partial charge >= 0.3 is 6.18 Å². The molecule has 3 heterocycles. The van der Waals surface area contributed by atoms with Gasteiger partial charge in [-0.1, -0.05) is 0 Å². The van der Waals surface area contributed by atoms with Gasteiger partial charge in [0, 0.05) is 19.2 Å². The molecule has 0 saturated carbocycles. The van der Waals surface area contributed by atoms with E-state index in [0.717, 1.165) is 51.5 Å². The molecule has 0 radical (unpaired) electrons. The van der Waals surface area contributed by atoms with E-state index in [-0.39, 0.29) is 11.2 Å². The topological polar surface area (TPSA) is 41.1 Å². The Morgan fingerprint density at radius 1 is 1.19 bits per heavy atom. The van der Waals surface area contributed by atoms with E-state index in [1.807, 2.05) is 4.90 Å². The van der Waals surface area contributed by atoms with Crippen LogP contribution in [0.1, 0.15) is 30.8 Å². The van der Waals surface area contributed by atoms with Crippen LogP contribution in [0, 0.1) is 12.3 Å². The number of nitrogens with one attached hydrogen (secondary N) is 1. The van der Waals surface area contributed by atoms with Crippen LogP contribution in [0.4, 0.5) is 19.0 Å². The Morgan fingerprint density at radius 3 is 2.57 bits per heavy atom. The maximum atomic E-state index is 12.9. The van der Waals surface area contributed by atoms with E-state index in [9.17, 15) is 13.2 Å². The van der Waals surface area contributed by atoms with E-state index in [4.69, 9.17) is 0 Å². The van der Waals surface area contributed by atoms with Crippen molar-refractivity contribution < 1.29 is 13.2 Å². The lowest BCUT2D eigenvalue weighted by Gasteiger charge is -2.33. The molecule has 0 atom stereocenters. The van der Waals surface area contributed by atoms with Crippen LogP contribution in [0.2, 0.25) is 0 Å². The van der Waals surface area contributed by atoms with Gasteiger partial charge in [0.05, 0.1) is 0 Å². The van der Waals surface area contributed by atoms with Gasteiger partial charge in [-0.15, -0.1) is 0 Å². The fourth-order valence-electron chi connectivity index (χ4n) is 3.36. The Kier molecular flexibility index (Phi) is 3.55. The monoisotopic (exact) mass is 300 g/mol. The number of piperidine rings is 1. The zero-order valence-corrected chi connectivity index (χ0v) is 12.0. The SMILES string of the molecule is Cc1nc(N2CCC3(CCNCC3)C2)cc(C(F)(F)F)n1. The maximum absolute atomic E-state index is 12.9. The highest BCUT2D eigenvalue weighted by atomic mass is 19.4. The second-order valence-corrected chi connectivity index (χ2v) is 6.08. The van der Waals surface area contributed by atoms with Crippen LogP contribution in [0.15, 0.2) is 6.07 Å². The average Bonchev–Trinajstić information content (AvgIpc) is 2.82. The fraction of sp³-hybridized carbons (Fsp3) is 0.714. The van der Waals surface area contributed by atoms with Crippen molar-refractivity contribution in [2.75, 3.05) is 31.1 Å². The summed E-state index contributed by atoms with van der Waals surface area (Å²) in [5, 5.41) is 3.34. The number of hydrogen-bond acceptors (Lipinski definition) is 4. The molecule has 0 aliphatic carbocycles. The minimum atomic E-state index is -4.42. The summed E-state index contributed by atoms with van der Waals surface area (Å²) in [6.45, 7) is 5.06. The largest absolute Gasteiger partial charge is 0.433 e. The molecule has 0 unspecified atom stereocenters. The Balaban J connectivity index is 1.83. The van der Waals surface area contributed by atoms with Crippen molar-refractivity contribution in [1.82, 2.24) is 15.3 Å². The molecule has 21 heavy (non-hydrogen) atoms. The minimum absolute atomic E-state index is 0.172. The second kappa shape index (κ2) is 5.12. The number of anilines is 1. The van der Waals surface area contributed by atoms with E-state index in [1.165, 1.54) is 6.92 Å².